The predicted octanol–water partition coefficient (Wildman–Crippen LogP) is 3.67. The minimum absolute atomic E-state index is 0.991. The standard InChI is InChI=1S/C11H11S/c1-2-5-11-10-7-4-3-6-9(10)8-12-11/h3-4,6-8H,1-2,5H2. The molecule has 61 valence electrons. The number of hydrogen-bond acceptors (Lipinski definition) is 1. The summed E-state index contributed by atoms with van der Waals surface area (Å²) in [6.45, 7) is 3.87. The molecule has 12 heavy (non-hydrogen) atoms. The van der Waals surface area contributed by atoms with Gasteiger partial charge in [-0.15, -0.1) is 11.3 Å². The summed E-state index contributed by atoms with van der Waals surface area (Å²) in [5, 5.41) is 5.00. The van der Waals surface area contributed by atoms with Crippen LogP contribution in [0.1, 0.15) is 11.3 Å². The van der Waals surface area contributed by atoms with E-state index in [1.165, 1.54) is 15.6 Å². The van der Waals surface area contributed by atoms with Crippen LogP contribution in [0.15, 0.2) is 29.6 Å². The molecule has 0 aliphatic heterocycles. The summed E-state index contributed by atoms with van der Waals surface area (Å²) in [6, 6.07) is 8.54. The van der Waals surface area contributed by atoms with E-state index in [0.717, 1.165) is 12.8 Å². The number of aryl methyl sites for hydroxylation is 1. The van der Waals surface area contributed by atoms with Gasteiger partial charge in [0.2, 0.25) is 0 Å². The number of rotatable bonds is 2. The number of fused-ring (bicyclic) bond motifs is 1. The van der Waals surface area contributed by atoms with Crippen LogP contribution in [0.4, 0.5) is 0 Å². The van der Waals surface area contributed by atoms with Crippen molar-refractivity contribution in [3.8, 4) is 0 Å². The number of hydrogen-bond donors (Lipinski definition) is 0. The Kier molecular flexibility index (Phi) is 2.13. The van der Waals surface area contributed by atoms with Gasteiger partial charge in [-0.3, -0.25) is 0 Å². The van der Waals surface area contributed by atoms with Crippen LogP contribution in [0, 0.1) is 6.92 Å². The summed E-state index contributed by atoms with van der Waals surface area (Å²) in [6.07, 6.45) is 2.10. The molecule has 1 aromatic carbocycles. The Hall–Kier alpha value is -0.820. The molecule has 0 fully saturated rings. The molecule has 1 heterocycles. The summed E-state index contributed by atoms with van der Waals surface area (Å²) >= 11 is 1.85. The lowest BCUT2D eigenvalue weighted by Crippen LogP contribution is -1.76. The summed E-state index contributed by atoms with van der Waals surface area (Å²) in [7, 11) is 0. The Balaban J connectivity index is 2.55. The summed E-state index contributed by atoms with van der Waals surface area (Å²) in [4.78, 5) is 1.47. The van der Waals surface area contributed by atoms with Crippen molar-refractivity contribution in [2.45, 2.75) is 12.8 Å². The van der Waals surface area contributed by atoms with E-state index < -0.39 is 0 Å². The molecule has 1 radical (unpaired) electrons. The van der Waals surface area contributed by atoms with E-state index in [4.69, 9.17) is 0 Å². The van der Waals surface area contributed by atoms with Crippen molar-refractivity contribution in [3.05, 3.63) is 41.4 Å². The molecule has 0 saturated heterocycles. The van der Waals surface area contributed by atoms with Crippen LogP contribution in [0.25, 0.3) is 10.8 Å². The van der Waals surface area contributed by atoms with E-state index in [1.807, 2.05) is 11.3 Å². The van der Waals surface area contributed by atoms with Gasteiger partial charge in [-0.25, -0.2) is 0 Å². The molecular formula is C11H11S. The Labute approximate surface area is 76.8 Å². The van der Waals surface area contributed by atoms with Crippen LogP contribution in [-0.4, -0.2) is 0 Å². The van der Waals surface area contributed by atoms with Crippen molar-refractivity contribution in [1.82, 2.24) is 0 Å². The summed E-state index contributed by atoms with van der Waals surface area (Å²) < 4.78 is 0. The van der Waals surface area contributed by atoms with E-state index in [-0.39, 0.29) is 0 Å². The zero-order valence-electron chi connectivity index (χ0n) is 6.92. The molecule has 0 bridgehead atoms. The third-order valence-corrected chi connectivity index (χ3v) is 3.07. The quantitative estimate of drug-likeness (QED) is 0.653. The topological polar surface area (TPSA) is 0 Å². The molecule has 0 nitrogen and oxygen atoms in total. The van der Waals surface area contributed by atoms with E-state index in [2.05, 4.69) is 36.6 Å². The molecule has 0 amide bonds. The fourth-order valence-electron chi connectivity index (χ4n) is 1.41. The molecule has 0 atom stereocenters. The van der Waals surface area contributed by atoms with Gasteiger partial charge in [0.25, 0.3) is 0 Å². The smallest absolute Gasteiger partial charge is 0.0124 e. The minimum Gasteiger partial charge on any atom is -0.148 e. The first-order chi connectivity index (χ1) is 5.92. The highest BCUT2D eigenvalue weighted by Gasteiger charge is 2.00. The van der Waals surface area contributed by atoms with Gasteiger partial charge in [0.1, 0.15) is 0 Å². The largest absolute Gasteiger partial charge is 0.148 e. The molecule has 0 N–H and O–H groups in total. The molecule has 1 aromatic heterocycles. The predicted molar refractivity (Wildman–Crippen MR) is 55.5 cm³/mol. The molecule has 0 spiro atoms. The zero-order valence-corrected chi connectivity index (χ0v) is 7.73. The second kappa shape index (κ2) is 3.28. The lowest BCUT2D eigenvalue weighted by Gasteiger charge is -1.93. The van der Waals surface area contributed by atoms with Crippen molar-refractivity contribution in [1.29, 1.82) is 0 Å². The maximum atomic E-state index is 3.87. The van der Waals surface area contributed by atoms with Gasteiger partial charge < -0.3 is 0 Å². The van der Waals surface area contributed by atoms with E-state index >= 15 is 0 Å². The Morgan fingerprint density at radius 3 is 2.92 bits per heavy atom. The van der Waals surface area contributed by atoms with Crippen LogP contribution in [0.5, 0.6) is 0 Å². The molecule has 0 aliphatic carbocycles. The van der Waals surface area contributed by atoms with Gasteiger partial charge in [-0.05, 0) is 29.0 Å². The normalized spacial score (nSPS) is 10.8. The fourth-order valence-corrected chi connectivity index (χ4v) is 2.46. The van der Waals surface area contributed by atoms with Crippen molar-refractivity contribution < 1.29 is 0 Å². The van der Waals surface area contributed by atoms with Crippen LogP contribution < -0.4 is 0 Å². The van der Waals surface area contributed by atoms with Crippen LogP contribution in [0.2, 0.25) is 0 Å². The highest BCUT2D eigenvalue weighted by molar-refractivity contribution is 7.11. The summed E-state index contributed by atoms with van der Waals surface area (Å²) in [5.41, 5.74) is 0. The van der Waals surface area contributed by atoms with Gasteiger partial charge >= 0.3 is 0 Å². The Morgan fingerprint density at radius 2 is 2.08 bits per heavy atom. The first-order valence-corrected chi connectivity index (χ1v) is 5.04. The molecule has 2 rings (SSSR count). The van der Waals surface area contributed by atoms with Crippen LogP contribution in [0.3, 0.4) is 0 Å². The molecule has 2 aromatic rings. The van der Waals surface area contributed by atoms with Crippen molar-refractivity contribution in [3.63, 3.8) is 0 Å². The SMILES string of the molecule is [CH2]CCc1scc2ccccc12. The third kappa shape index (κ3) is 1.25. The monoisotopic (exact) mass is 175 g/mol. The van der Waals surface area contributed by atoms with Gasteiger partial charge in [-0.1, -0.05) is 31.2 Å². The number of benzene rings is 1. The Morgan fingerprint density at radius 1 is 1.25 bits per heavy atom. The lowest BCUT2D eigenvalue weighted by atomic mass is 10.1. The van der Waals surface area contributed by atoms with Gasteiger partial charge in [0, 0.05) is 4.88 Å². The molecular weight excluding hydrogens is 164 g/mol. The second-order valence-corrected chi connectivity index (χ2v) is 3.81. The van der Waals surface area contributed by atoms with E-state index in [1.54, 1.807) is 0 Å². The molecule has 0 unspecified atom stereocenters. The van der Waals surface area contributed by atoms with Gasteiger partial charge in [-0.2, -0.15) is 0 Å². The molecule has 1 heteroatoms. The van der Waals surface area contributed by atoms with Crippen LogP contribution >= 0.6 is 11.3 Å². The third-order valence-electron chi connectivity index (χ3n) is 1.99. The van der Waals surface area contributed by atoms with Crippen molar-refractivity contribution >= 4 is 22.1 Å². The highest BCUT2D eigenvalue weighted by Crippen LogP contribution is 2.26. The fraction of sp³-hybridized carbons (Fsp3) is 0.182. The van der Waals surface area contributed by atoms with E-state index in [0.29, 0.717) is 0 Å². The Bertz CT molecular complexity index is 373. The molecule has 0 saturated carbocycles. The maximum Gasteiger partial charge on any atom is 0.0124 e. The average Bonchev–Trinajstić information content (AvgIpc) is 2.50. The van der Waals surface area contributed by atoms with Crippen LogP contribution in [-0.2, 0) is 6.42 Å². The minimum atomic E-state index is 0.991. The highest BCUT2D eigenvalue weighted by atomic mass is 32.1. The van der Waals surface area contributed by atoms with Crippen molar-refractivity contribution in [2.75, 3.05) is 0 Å². The zero-order chi connectivity index (χ0) is 8.39. The second-order valence-electron chi connectivity index (χ2n) is 2.85. The first-order valence-electron chi connectivity index (χ1n) is 4.16. The summed E-state index contributed by atoms with van der Waals surface area (Å²) in [5.74, 6) is 0. The van der Waals surface area contributed by atoms with Crippen molar-refractivity contribution in [2.24, 2.45) is 0 Å². The lowest BCUT2D eigenvalue weighted by molar-refractivity contribution is 1.03. The van der Waals surface area contributed by atoms with E-state index in [9.17, 15) is 0 Å². The molecule has 0 aliphatic rings. The maximum absolute atomic E-state index is 3.87. The van der Waals surface area contributed by atoms with Gasteiger partial charge in [0.05, 0.1) is 0 Å². The first kappa shape index (κ1) is 7.81. The van der Waals surface area contributed by atoms with Gasteiger partial charge in [0.15, 0.2) is 0 Å². The number of thiophene rings is 1. The average molecular weight is 175 g/mol.